The van der Waals surface area contributed by atoms with Crippen LogP contribution < -0.4 is 4.72 Å². The molecule has 1 aliphatic rings. The number of aliphatic hydroxyl groups excluding tert-OH is 1. The van der Waals surface area contributed by atoms with Crippen molar-refractivity contribution in [2.45, 2.75) is 43.1 Å². The number of hydrogen-bond acceptors (Lipinski definition) is 4. The molecule has 1 aromatic carbocycles. The molecule has 0 spiro atoms. The van der Waals surface area contributed by atoms with Gasteiger partial charge in [-0.3, -0.25) is 0 Å². The largest absolute Gasteiger partial charge is 0.396 e. The summed E-state index contributed by atoms with van der Waals surface area (Å²) in [6.07, 6.45) is 4.42. The van der Waals surface area contributed by atoms with E-state index in [0.717, 1.165) is 31.4 Å². The van der Waals surface area contributed by atoms with E-state index in [1.807, 2.05) is 0 Å². The Morgan fingerprint density at radius 3 is 2.67 bits per heavy atom. The number of rotatable bonds is 8. The van der Waals surface area contributed by atoms with Crippen LogP contribution in [0.4, 0.5) is 0 Å². The van der Waals surface area contributed by atoms with Gasteiger partial charge >= 0.3 is 0 Å². The first-order valence-corrected chi connectivity index (χ1v) is 8.91. The van der Waals surface area contributed by atoms with Crippen LogP contribution in [0.15, 0.2) is 29.2 Å². The molecular formula is C15H23NO4S. The molecule has 1 unspecified atom stereocenters. The van der Waals surface area contributed by atoms with Crippen LogP contribution in [0.1, 0.15) is 31.2 Å². The third kappa shape index (κ3) is 5.07. The topological polar surface area (TPSA) is 75.6 Å². The zero-order chi connectivity index (χ0) is 15.1. The van der Waals surface area contributed by atoms with E-state index in [0.29, 0.717) is 19.4 Å². The van der Waals surface area contributed by atoms with E-state index in [-0.39, 0.29) is 17.6 Å². The van der Waals surface area contributed by atoms with Crippen molar-refractivity contribution in [2.24, 2.45) is 0 Å². The Kier molecular flexibility index (Phi) is 6.17. The van der Waals surface area contributed by atoms with E-state index in [1.165, 1.54) is 0 Å². The molecule has 1 aromatic rings. The molecule has 2 N–H and O–H groups in total. The Balaban J connectivity index is 1.85. The van der Waals surface area contributed by atoms with Crippen LogP contribution >= 0.6 is 0 Å². The normalized spacial score (nSPS) is 19.0. The number of aliphatic hydroxyl groups is 1. The number of aryl methyl sites for hydroxylation is 1. The highest BCUT2D eigenvalue weighted by molar-refractivity contribution is 7.89. The zero-order valence-electron chi connectivity index (χ0n) is 12.1. The molecule has 0 bridgehead atoms. The smallest absolute Gasteiger partial charge is 0.240 e. The average Bonchev–Trinajstić information content (AvgIpc) is 2.98. The standard InChI is InChI=1S/C15H23NO4S/c17-11-1-3-13-5-7-15(8-6-13)21(18,19)16-10-9-14-4-2-12-20-14/h5-8,14,16-17H,1-4,9-12H2. The molecule has 0 aromatic heterocycles. The molecule has 1 fully saturated rings. The van der Waals surface area contributed by atoms with Crippen molar-refractivity contribution in [3.63, 3.8) is 0 Å². The molecule has 5 nitrogen and oxygen atoms in total. The van der Waals surface area contributed by atoms with E-state index in [2.05, 4.69) is 4.72 Å². The van der Waals surface area contributed by atoms with Crippen molar-refractivity contribution >= 4 is 10.0 Å². The molecule has 0 saturated carbocycles. The molecule has 1 atom stereocenters. The SMILES string of the molecule is O=S(=O)(NCCC1CCCO1)c1ccc(CCCO)cc1. The van der Waals surface area contributed by atoms with Gasteiger partial charge in [0.25, 0.3) is 0 Å². The minimum atomic E-state index is -3.44. The lowest BCUT2D eigenvalue weighted by Crippen LogP contribution is -2.27. The summed E-state index contributed by atoms with van der Waals surface area (Å²) in [5.74, 6) is 0. The van der Waals surface area contributed by atoms with Gasteiger partial charge in [-0.25, -0.2) is 13.1 Å². The van der Waals surface area contributed by atoms with Gasteiger partial charge in [0.05, 0.1) is 11.0 Å². The van der Waals surface area contributed by atoms with Crippen LogP contribution in [-0.2, 0) is 21.2 Å². The Morgan fingerprint density at radius 1 is 1.29 bits per heavy atom. The van der Waals surface area contributed by atoms with Crippen molar-refractivity contribution in [2.75, 3.05) is 19.8 Å². The summed E-state index contributed by atoms with van der Waals surface area (Å²) in [6, 6.07) is 6.82. The van der Waals surface area contributed by atoms with E-state index >= 15 is 0 Å². The highest BCUT2D eigenvalue weighted by Crippen LogP contribution is 2.15. The van der Waals surface area contributed by atoms with Crippen LogP contribution in [0.2, 0.25) is 0 Å². The fourth-order valence-electron chi connectivity index (χ4n) is 2.43. The Labute approximate surface area is 126 Å². The summed E-state index contributed by atoms with van der Waals surface area (Å²) in [5, 5.41) is 8.78. The van der Waals surface area contributed by atoms with Crippen molar-refractivity contribution in [1.29, 1.82) is 0 Å². The summed E-state index contributed by atoms with van der Waals surface area (Å²) in [4.78, 5) is 0.280. The van der Waals surface area contributed by atoms with Gasteiger partial charge in [-0.1, -0.05) is 12.1 Å². The summed E-state index contributed by atoms with van der Waals surface area (Å²) in [6.45, 7) is 1.33. The van der Waals surface area contributed by atoms with Crippen molar-refractivity contribution < 1.29 is 18.3 Å². The lowest BCUT2D eigenvalue weighted by Gasteiger charge is -2.11. The van der Waals surface area contributed by atoms with Crippen LogP contribution in [0.25, 0.3) is 0 Å². The van der Waals surface area contributed by atoms with Crippen LogP contribution in [0.3, 0.4) is 0 Å². The van der Waals surface area contributed by atoms with E-state index in [1.54, 1.807) is 24.3 Å². The molecule has 6 heteroatoms. The first kappa shape index (κ1) is 16.4. The molecule has 1 heterocycles. The Hall–Kier alpha value is -0.950. The predicted molar refractivity (Wildman–Crippen MR) is 80.6 cm³/mol. The summed E-state index contributed by atoms with van der Waals surface area (Å²) >= 11 is 0. The second-order valence-corrected chi connectivity index (χ2v) is 7.06. The molecule has 0 aliphatic carbocycles. The first-order valence-electron chi connectivity index (χ1n) is 7.43. The lowest BCUT2D eigenvalue weighted by molar-refractivity contribution is 0.105. The second kappa shape index (κ2) is 7.89. The van der Waals surface area contributed by atoms with Gasteiger partial charge < -0.3 is 9.84 Å². The Bertz CT molecular complexity index is 521. The monoisotopic (exact) mass is 313 g/mol. The molecular weight excluding hydrogens is 290 g/mol. The molecule has 2 rings (SSSR count). The molecule has 1 saturated heterocycles. The molecule has 0 amide bonds. The summed E-state index contributed by atoms with van der Waals surface area (Å²) in [7, 11) is -3.44. The third-order valence-electron chi connectivity index (χ3n) is 3.64. The lowest BCUT2D eigenvalue weighted by atomic mass is 10.1. The number of nitrogens with one attached hydrogen (secondary N) is 1. The number of ether oxygens (including phenoxy) is 1. The quantitative estimate of drug-likeness (QED) is 0.762. The third-order valence-corrected chi connectivity index (χ3v) is 5.12. The minimum Gasteiger partial charge on any atom is -0.396 e. The number of hydrogen-bond donors (Lipinski definition) is 2. The molecule has 118 valence electrons. The van der Waals surface area contributed by atoms with E-state index in [4.69, 9.17) is 9.84 Å². The van der Waals surface area contributed by atoms with Crippen molar-refractivity contribution in [1.82, 2.24) is 4.72 Å². The maximum absolute atomic E-state index is 12.1. The van der Waals surface area contributed by atoms with Gasteiger partial charge in [0.1, 0.15) is 0 Å². The van der Waals surface area contributed by atoms with Gasteiger partial charge in [0.15, 0.2) is 0 Å². The maximum Gasteiger partial charge on any atom is 0.240 e. The minimum absolute atomic E-state index is 0.144. The average molecular weight is 313 g/mol. The van der Waals surface area contributed by atoms with Gasteiger partial charge in [-0.2, -0.15) is 0 Å². The molecule has 21 heavy (non-hydrogen) atoms. The second-order valence-electron chi connectivity index (χ2n) is 5.29. The van der Waals surface area contributed by atoms with Crippen molar-refractivity contribution in [3.8, 4) is 0 Å². The predicted octanol–water partition coefficient (Wildman–Crippen LogP) is 1.46. The van der Waals surface area contributed by atoms with Gasteiger partial charge in [-0.05, 0) is 49.8 Å². The Morgan fingerprint density at radius 2 is 2.05 bits per heavy atom. The zero-order valence-corrected chi connectivity index (χ0v) is 12.9. The highest BCUT2D eigenvalue weighted by atomic mass is 32.2. The van der Waals surface area contributed by atoms with Crippen molar-refractivity contribution in [3.05, 3.63) is 29.8 Å². The molecule has 1 aliphatic heterocycles. The number of sulfonamides is 1. The fraction of sp³-hybridized carbons (Fsp3) is 0.600. The van der Waals surface area contributed by atoms with Gasteiger partial charge in [0, 0.05) is 19.8 Å². The van der Waals surface area contributed by atoms with Crippen LogP contribution in [-0.4, -0.2) is 39.4 Å². The fourth-order valence-corrected chi connectivity index (χ4v) is 3.48. The highest BCUT2D eigenvalue weighted by Gasteiger charge is 2.18. The molecule has 0 radical (unpaired) electrons. The van der Waals surface area contributed by atoms with Crippen LogP contribution in [0.5, 0.6) is 0 Å². The maximum atomic E-state index is 12.1. The van der Waals surface area contributed by atoms with Gasteiger partial charge in [-0.15, -0.1) is 0 Å². The van der Waals surface area contributed by atoms with E-state index < -0.39 is 10.0 Å². The summed E-state index contributed by atoms with van der Waals surface area (Å²) in [5.41, 5.74) is 1.03. The van der Waals surface area contributed by atoms with Gasteiger partial charge in [0.2, 0.25) is 10.0 Å². The summed E-state index contributed by atoms with van der Waals surface area (Å²) < 4.78 is 32.4. The first-order chi connectivity index (χ1) is 10.1. The van der Waals surface area contributed by atoms with E-state index in [9.17, 15) is 8.42 Å². The van der Waals surface area contributed by atoms with Crippen LogP contribution in [0, 0.1) is 0 Å². The number of benzene rings is 1.